The molecule has 2 aliphatic heterocycles. The molecule has 7 heteroatoms. The molecule has 6 nitrogen and oxygen atoms in total. The minimum Gasteiger partial charge on any atom is -0.372 e. The summed E-state index contributed by atoms with van der Waals surface area (Å²) >= 11 is 1.70. The van der Waals surface area contributed by atoms with Gasteiger partial charge in [0.25, 0.3) is 0 Å². The first-order valence-corrected chi connectivity index (χ1v) is 8.99. The fraction of sp³-hybridized carbons (Fsp3) is 0.562. The van der Waals surface area contributed by atoms with E-state index in [1.54, 1.807) is 24.0 Å². The minimum atomic E-state index is -0.0713. The highest BCUT2D eigenvalue weighted by Gasteiger charge is 2.30. The second-order valence-corrected chi connectivity index (χ2v) is 7.08. The molecule has 0 N–H and O–H groups in total. The SMILES string of the molecule is O=C(CC1OCCc2ccsc21)N1CCCC(n2cncn2)C1. The van der Waals surface area contributed by atoms with E-state index in [1.807, 2.05) is 9.58 Å². The van der Waals surface area contributed by atoms with Crippen LogP contribution in [0.3, 0.4) is 0 Å². The Labute approximate surface area is 139 Å². The van der Waals surface area contributed by atoms with E-state index < -0.39 is 0 Å². The van der Waals surface area contributed by atoms with Gasteiger partial charge in [0.1, 0.15) is 18.8 Å². The van der Waals surface area contributed by atoms with Gasteiger partial charge in [0.15, 0.2) is 0 Å². The lowest BCUT2D eigenvalue weighted by Gasteiger charge is -2.34. The van der Waals surface area contributed by atoms with Gasteiger partial charge in [0.2, 0.25) is 5.91 Å². The molecule has 2 aliphatic rings. The number of thiophene rings is 1. The van der Waals surface area contributed by atoms with Gasteiger partial charge >= 0.3 is 0 Å². The molecule has 23 heavy (non-hydrogen) atoms. The molecule has 0 saturated carbocycles. The van der Waals surface area contributed by atoms with E-state index in [0.29, 0.717) is 19.6 Å². The number of piperidine rings is 1. The Balaban J connectivity index is 1.42. The highest BCUT2D eigenvalue weighted by atomic mass is 32.1. The monoisotopic (exact) mass is 332 g/mol. The van der Waals surface area contributed by atoms with Crippen LogP contribution in [0.1, 0.15) is 41.8 Å². The van der Waals surface area contributed by atoms with Crippen molar-refractivity contribution in [2.45, 2.75) is 37.8 Å². The number of hydrogen-bond acceptors (Lipinski definition) is 5. The minimum absolute atomic E-state index is 0.0713. The predicted molar refractivity (Wildman–Crippen MR) is 86.2 cm³/mol. The summed E-state index contributed by atoms with van der Waals surface area (Å²) in [5.41, 5.74) is 1.35. The molecule has 2 aromatic heterocycles. The number of ether oxygens (including phenoxy) is 1. The quantitative estimate of drug-likeness (QED) is 0.864. The molecule has 0 aliphatic carbocycles. The highest BCUT2D eigenvalue weighted by molar-refractivity contribution is 7.10. The number of carbonyl (C=O) groups is 1. The van der Waals surface area contributed by atoms with Crippen LogP contribution in [-0.2, 0) is 16.0 Å². The van der Waals surface area contributed by atoms with Gasteiger partial charge in [0, 0.05) is 18.0 Å². The van der Waals surface area contributed by atoms with E-state index in [1.165, 1.54) is 10.4 Å². The molecule has 1 amide bonds. The first-order valence-electron chi connectivity index (χ1n) is 8.11. The van der Waals surface area contributed by atoms with Crippen LogP contribution < -0.4 is 0 Å². The van der Waals surface area contributed by atoms with Gasteiger partial charge in [-0.2, -0.15) is 5.10 Å². The first kappa shape index (κ1) is 14.8. The Hall–Kier alpha value is -1.73. The van der Waals surface area contributed by atoms with Crippen LogP contribution in [0, 0.1) is 0 Å². The van der Waals surface area contributed by atoms with Gasteiger partial charge in [-0.05, 0) is 36.3 Å². The van der Waals surface area contributed by atoms with Gasteiger partial charge in [-0.15, -0.1) is 11.3 Å². The van der Waals surface area contributed by atoms with Crippen LogP contribution in [-0.4, -0.2) is 45.3 Å². The van der Waals surface area contributed by atoms with Crippen LogP contribution in [0.2, 0.25) is 0 Å². The van der Waals surface area contributed by atoms with Crippen molar-refractivity contribution >= 4 is 17.2 Å². The maximum absolute atomic E-state index is 12.7. The number of rotatable bonds is 3. The van der Waals surface area contributed by atoms with Crippen molar-refractivity contribution in [3.8, 4) is 0 Å². The van der Waals surface area contributed by atoms with Crippen LogP contribution >= 0.6 is 11.3 Å². The van der Waals surface area contributed by atoms with Crippen LogP contribution in [0.5, 0.6) is 0 Å². The van der Waals surface area contributed by atoms with Crippen molar-refractivity contribution in [3.05, 3.63) is 34.5 Å². The Morgan fingerprint density at radius 1 is 1.48 bits per heavy atom. The van der Waals surface area contributed by atoms with Gasteiger partial charge in [-0.3, -0.25) is 4.79 Å². The summed E-state index contributed by atoms with van der Waals surface area (Å²) in [6.45, 7) is 2.25. The molecule has 0 radical (unpaired) electrons. The first-order chi connectivity index (χ1) is 11.3. The molecule has 4 rings (SSSR count). The number of aromatic nitrogens is 3. The third kappa shape index (κ3) is 3.03. The molecule has 2 aromatic rings. The van der Waals surface area contributed by atoms with Crippen LogP contribution in [0.4, 0.5) is 0 Å². The zero-order chi connectivity index (χ0) is 15.6. The molecule has 0 aromatic carbocycles. The van der Waals surface area contributed by atoms with Gasteiger partial charge in [-0.1, -0.05) is 0 Å². The average molecular weight is 332 g/mol. The largest absolute Gasteiger partial charge is 0.372 e. The Kier molecular flexibility index (Phi) is 4.13. The standard InChI is InChI=1S/C16H20N4O2S/c21-15(8-14-16-12(3-6-22-14)4-7-23-16)19-5-1-2-13(9-19)20-11-17-10-18-20/h4,7,10-11,13-14H,1-3,5-6,8-9H2. The smallest absolute Gasteiger partial charge is 0.225 e. The molecule has 0 spiro atoms. The van der Waals surface area contributed by atoms with Gasteiger partial charge in [0.05, 0.1) is 19.1 Å². The van der Waals surface area contributed by atoms with Crippen molar-refractivity contribution in [2.75, 3.05) is 19.7 Å². The third-order valence-corrected chi connectivity index (χ3v) is 5.73. The Bertz CT molecular complexity index is 669. The van der Waals surface area contributed by atoms with Gasteiger partial charge in [-0.25, -0.2) is 9.67 Å². The summed E-state index contributed by atoms with van der Waals surface area (Å²) in [5, 5.41) is 6.31. The predicted octanol–water partition coefficient (Wildman–Crippen LogP) is 2.21. The number of likely N-dealkylation sites (tertiary alicyclic amines) is 1. The van der Waals surface area contributed by atoms with Crippen molar-refractivity contribution in [1.29, 1.82) is 0 Å². The topological polar surface area (TPSA) is 60.2 Å². The molecule has 4 heterocycles. The highest BCUT2D eigenvalue weighted by Crippen LogP contribution is 2.34. The van der Waals surface area contributed by atoms with E-state index in [4.69, 9.17) is 4.74 Å². The third-order valence-electron chi connectivity index (χ3n) is 4.68. The molecule has 1 fully saturated rings. The van der Waals surface area contributed by atoms with Gasteiger partial charge < -0.3 is 9.64 Å². The molecule has 2 atom stereocenters. The molecule has 122 valence electrons. The fourth-order valence-corrected chi connectivity index (χ4v) is 4.47. The van der Waals surface area contributed by atoms with E-state index in [2.05, 4.69) is 21.5 Å². The summed E-state index contributed by atoms with van der Waals surface area (Å²) in [5.74, 6) is 0.182. The maximum Gasteiger partial charge on any atom is 0.225 e. The average Bonchev–Trinajstić information content (AvgIpc) is 3.27. The summed E-state index contributed by atoms with van der Waals surface area (Å²) < 4.78 is 7.73. The summed E-state index contributed by atoms with van der Waals surface area (Å²) in [6.07, 6.45) is 6.67. The lowest BCUT2D eigenvalue weighted by molar-refractivity contribution is -0.136. The van der Waals surface area contributed by atoms with E-state index in [-0.39, 0.29) is 18.1 Å². The number of fused-ring (bicyclic) bond motifs is 1. The normalized spacial score (nSPS) is 24.4. The zero-order valence-corrected chi connectivity index (χ0v) is 13.7. The maximum atomic E-state index is 12.7. The molecule has 1 saturated heterocycles. The van der Waals surface area contributed by atoms with E-state index in [9.17, 15) is 4.79 Å². The number of hydrogen-bond donors (Lipinski definition) is 0. The molecule has 0 bridgehead atoms. The van der Waals surface area contributed by atoms with Crippen molar-refractivity contribution in [1.82, 2.24) is 19.7 Å². The number of amides is 1. The number of carbonyl (C=O) groups excluding carboxylic acids is 1. The lowest BCUT2D eigenvalue weighted by Crippen LogP contribution is -2.41. The summed E-state index contributed by atoms with van der Waals surface area (Å²) in [6, 6.07) is 2.39. The number of nitrogens with zero attached hydrogens (tertiary/aromatic N) is 4. The van der Waals surface area contributed by atoms with E-state index >= 15 is 0 Å². The van der Waals surface area contributed by atoms with Crippen molar-refractivity contribution in [3.63, 3.8) is 0 Å². The molecular formula is C16H20N4O2S. The zero-order valence-electron chi connectivity index (χ0n) is 12.9. The Morgan fingerprint density at radius 2 is 2.43 bits per heavy atom. The second kappa shape index (κ2) is 6.41. The van der Waals surface area contributed by atoms with Crippen LogP contribution in [0.15, 0.2) is 24.1 Å². The van der Waals surface area contributed by atoms with Crippen molar-refractivity contribution in [2.24, 2.45) is 0 Å². The van der Waals surface area contributed by atoms with E-state index in [0.717, 1.165) is 25.8 Å². The van der Waals surface area contributed by atoms with Crippen LogP contribution in [0.25, 0.3) is 0 Å². The molecular weight excluding hydrogens is 312 g/mol. The summed E-state index contributed by atoms with van der Waals surface area (Å²) in [4.78, 5) is 19.9. The molecule has 2 unspecified atom stereocenters. The van der Waals surface area contributed by atoms with Crippen molar-refractivity contribution < 1.29 is 9.53 Å². The summed E-state index contributed by atoms with van der Waals surface area (Å²) in [7, 11) is 0. The lowest BCUT2D eigenvalue weighted by atomic mass is 10.0. The second-order valence-electron chi connectivity index (χ2n) is 6.13. The fourth-order valence-electron chi connectivity index (χ4n) is 3.47. The Morgan fingerprint density at radius 3 is 3.30 bits per heavy atom.